The fourth-order valence-corrected chi connectivity index (χ4v) is 4.67. The molecule has 6 nitrogen and oxygen atoms in total. The second-order valence-corrected chi connectivity index (χ2v) is 8.43. The zero-order valence-corrected chi connectivity index (χ0v) is 14.0. The van der Waals surface area contributed by atoms with E-state index < -0.39 is 10.0 Å². The van der Waals surface area contributed by atoms with E-state index in [-0.39, 0.29) is 17.8 Å². The van der Waals surface area contributed by atoms with Crippen molar-refractivity contribution in [2.75, 3.05) is 12.8 Å². The number of hydrogen-bond donors (Lipinski definition) is 1. The van der Waals surface area contributed by atoms with E-state index in [1.807, 2.05) is 11.4 Å². The van der Waals surface area contributed by atoms with E-state index in [4.69, 9.17) is 4.74 Å². The second-order valence-electron chi connectivity index (χ2n) is 5.56. The highest BCUT2D eigenvalue weighted by molar-refractivity contribution is 7.89. The lowest BCUT2D eigenvalue weighted by molar-refractivity contribution is 0.132. The number of hydrogen-bond acceptors (Lipinski definition) is 6. The van der Waals surface area contributed by atoms with Gasteiger partial charge in [-0.2, -0.15) is 0 Å². The number of nitrogens with zero attached hydrogens (tertiary/aromatic N) is 2. The lowest BCUT2D eigenvalue weighted by Gasteiger charge is -2.28. The van der Waals surface area contributed by atoms with E-state index in [1.165, 1.54) is 13.4 Å². The fourth-order valence-electron chi connectivity index (χ4n) is 2.83. The summed E-state index contributed by atoms with van der Waals surface area (Å²) in [6, 6.07) is 1.97. The van der Waals surface area contributed by atoms with E-state index in [0.29, 0.717) is 5.88 Å². The van der Waals surface area contributed by atoms with Gasteiger partial charge in [-0.05, 0) is 50.1 Å². The summed E-state index contributed by atoms with van der Waals surface area (Å²) in [7, 11) is -1.66. The highest BCUT2D eigenvalue weighted by Crippen LogP contribution is 2.31. The van der Waals surface area contributed by atoms with Crippen LogP contribution in [0.4, 0.5) is 0 Å². The van der Waals surface area contributed by atoms with Gasteiger partial charge in [0, 0.05) is 0 Å². The lowest BCUT2D eigenvalue weighted by Crippen LogP contribution is -2.31. The van der Waals surface area contributed by atoms with E-state index in [0.717, 1.165) is 35.9 Å². The third-order valence-electron chi connectivity index (χ3n) is 4.06. The Morgan fingerprint density at radius 3 is 2.82 bits per heavy atom. The van der Waals surface area contributed by atoms with Crippen molar-refractivity contribution in [3.05, 3.63) is 17.8 Å². The Labute approximate surface area is 134 Å². The number of fused-ring (bicyclic) bond motifs is 1. The van der Waals surface area contributed by atoms with Crippen molar-refractivity contribution in [1.29, 1.82) is 0 Å². The minimum atomic E-state index is -3.13. The SMILES string of the molecule is CNS(=O)(=O)CC1CCC(Oc2ncnc3sccc23)CC1. The summed E-state index contributed by atoms with van der Waals surface area (Å²) in [6.45, 7) is 0. The maximum Gasteiger partial charge on any atom is 0.225 e. The van der Waals surface area contributed by atoms with Gasteiger partial charge in [0.15, 0.2) is 0 Å². The van der Waals surface area contributed by atoms with Gasteiger partial charge in [-0.1, -0.05) is 0 Å². The van der Waals surface area contributed by atoms with Crippen molar-refractivity contribution in [2.45, 2.75) is 31.8 Å². The molecule has 1 aliphatic carbocycles. The average molecular weight is 341 g/mol. The smallest absolute Gasteiger partial charge is 0.225 e. The fraction of sp³-hybridized carbons (Fsp3) is 0.571. The highest BCUT2D eigenvalue weighted by Gasteiger charge is 2.26. The first-order valence-electron chi connectivity index (χ1n) is 7.33. The first kappa shape index (κ1) is 15.6. The standard InChI is InChI=1S/C14H19N3O3S2/c1-15-22(18,19)8-10-2-4-11(5-3-10)20-13-12-6-7-21-14(12)17-9-16-13/h6-7,9-11,15H,2-5,8H2,1H3. The molecule has 2 aromatic rings. The zero-order valence-electron chi connectivity index (χ0n) is 12.4. The summed E-state index contributed by atoms with van der Waals surface area (Å²) in [5, 5.41) is 2.93. The van der Waals surface area contributed by atoms with Crippen LogP contribution in [-0.2, 0) is 10.0 Å². The zero-order chi connectivity index (χ0) is 15.6. The molecule has 0 bridgehead atoms. The third-order valence-corrected chi connectivity index (χ3v) is 6.42. The number of sulfonamides is 1. The van der Waals surface area contributed by atoms with Crippen LogP contribution in [-0.4, -0.2) is 37.3 Å². The van der Waals surface area contributed by atoms with Gasteiger partial charge in [0.1, 0.15) is 17.3 Å². The third kappa shape index (κ3) is 3.56. The van der Waals surface area contributed by atoms with Gasteiger partial charge in [-0.3, -0.25) is 0 Å². The number of rotatable bonds is 5. The average Bonchev–Trinajstić information content (AvgIpc) is 2.99. The van der Waals surface area contributed by atoms with Crippen molar-refractivity contribution in [2.24, 2.45) is 5.92 Å². The van der Waals surface area contributed by atoms with Crippen LogP contribution in [0.3, 0.4) is 0 Å². The molecule has 3 rings (SSSR count). The first-order chi connectivity index (χ1) is 10.6. The summed E-state index contributed by atoms with van der Waals surface area (Å²) in [6.07, 6.45) is 5.08. The molecule has 2 heterocycles. The van der Waals surface area contributed by atoms with Crippen molar-refractivity contribution in [3.8, 4) is 5.88 Å². The molecular formula is C14H19N3O3S2. The molecule has 8 heteroatoms. The summed E-state index contributed by atoms with van der Waals surface area (Å²) in [5.74, 6) is 1.06. The molecule has 0 spiro atoms. The summed E-state index contributed by atoms with van der Waals surface area (Å²) >= 11 is 1.57. The molecule has 0 aromatic carbocycles. The largest absolute Gasteiger partial charge is 0.474 e. The molecule has 1 fully saturated rings. The number of ether oxygens (including phenoxy) is 1. The predicted octanol–water partition coefficient (Wildman–Crippen LogP) is 2.18. The predicted molar refractivity (Wildman–Crippen MR) is 86.6 cm³/mol. The summed E-state index contributed by atoms with van der Waals surface area (Å²) < 4.78 is 31.6. The maximum atomic E-state index is 11.6. The summed E-state index contributed by atoms with van der Waals surface area (Å²) in [5.41, 5.74) is 0. The van der Waals surface area contributed by atoms with Crippen LogP contribution in [0.5, 0.6) is 5.88 Å². The topological polar surface area (TPSA) is 81.2 Å². The van der Waals surface area contributed by atoms with Gasteiger partial charge in [-0.15, -0.1) is 11.3 Å². The molecule has 22 heavy (non-hydrogen) atoms. The van der Waals surface area contributed by atoms with Crippen LogP contribution in [0.15, 0.2) is 17.8 Å². The van der Waals surface area contributed by atoms with Crippen LogP contribution in [0.1, 0.15) is 25.7 Å². The maximum absolute atomic E-state index is 11.6. The summed E-state index contributed by atoms with van der Waals surface area (Å²) in [4.78, 5) is 9.37. The Balaban J connectivity index is 1.59. The second kappa shape index (κ2) is 6.47. The van der Waals surface area contributed by atoms with Gasteiger partial charge in [-0.25, -0.2) is 23.1 Å². The van der Waals surface area contributed by atoms with Crippen LogP contribution in [0.2, 0.25) is 0 Å². The quantitative estimate of drug-likeness (QED) is 0.901. The van der Waals surface area contributed by atoms with Gasteiger partial charge >= 0.3 is 0 Å². The van der Waals surface area contributed by atoms with Crippen LogP contribution < -0.4 is 9.46 Å². The minimum Gasteiger partial charge on any atom is -0.474 e. The van der Waals surface area contributed by atoms with Crippen molar-refractivity contribution >= 4 is 31.6 Å². The monoisotopic (exact) mass is 341 g/mol. The Bertz CT molecular complexity index is 737. The molecule has 0 radical (unpaired) electrons. The Morgan fingerprint density at radius 2 is 2.09 bits per heavy atom. The molecule has 0 saturated heterocycles. The number of nitrogens with one attached hydrogen (secondary N) is 1. The van der Waals surface area contributed by atoms with Crippen molar-refractivity contribution in [3.63, 3.8) is 0 Å². The Kier molecular flexibility index (Phi) is 4.60. The molecule has 1 N–H and O–H groups in total. The highest BCUT2D eigenvalue weighted by atomic mass is 32.2. The molecule has 0 atom stereocenters. The van der Waals surface area contributed by atoms with Crippen LogP contribution >= 0.6 is 11.3 Å². The van der Waals surface area contributed by atoms with E-state index in [9.17, 15) is 8.42 Å². The van der Waals surface area contributed by atoms with Crippen molar-refractivity contribution < 1.29 is 13.2 Å². The normalized spacial score (nSPS) is 22.8. The van der Waals surface area contributed by atoms with Gasteiger partial charge in [0.2, 0.25) is 15.9 Å². The van der Waals surface area contributed by atoms with E-state index in [2.05, 4.69) is 14.7 Å². The number of aromatic nitrogens is 2. The van der Waals surface area contributed by atoms with E-state index in [1.54, 1.807) is 11.3 Å². The Morgan fingerprint density at radius 1 is 1.32 bits per heavy atom. The first-order valence-corrected chi connectivity index (χ1v) is 9.86. The number of thiophene rings is 1. The molecular weight excluding hydrogens is 322 g/mol. The molecule has 2 aromatic heterocycles. The van der Waals surface area contributed by atoms with Crippen LogP contribution in [0, 0.1) is 5.92 Å². The molecule has 1 saturated carbocycles. The van der Waals surface area contributed by atoms with Gasteiger partial charge in [0.05, 0.1) is 11.1 Å². The molecule has 0 unspecified atom stereocenters. The van der Waals surface area contributed by atoms with Gasteiger partial charge in [0.25, 0.3) is 0 Å². The van der Waals surface area contributed by atoms with Crippen LogP contribution in [0.25, 0.3) is 10.2 Å². The van der Waals surface area contributed by atoms with Crippen molar-refractivity contribution in [1.82, 2.24) is 14.7 Å². The molecule has 0 amide bonds. The lowest BCUT2D eigenvalue weighted by atomic mass is 9.89. The minimum absolute atomic E-state index is 0.103. The van der Waals surface area contributed by atoms with Gasteiger partial charge < -0.3 is 4.74 Å². The molecule has 1 aliphatic rings. The molecule has 0 aliphatic heterocycles. The Hall–Kier alpha value is -1.25. The van der Waals surface area contributed by atoms with E-state index >= 15 is 0 Å². The molecule has 120 valence electrons.